The van der Waals surface area contributed by atoms with Crippen molar-refractivity contribution in [1.29, 1.82) is 0 Å². The van der Waals surface area contributed by atoms with Gasteiger partial charge in [0.05, 0.1) is 0 Å². The molecule has 0 N–H and O–H groups in total. The number of alkyl halides is 1. The Labute approximate surface area is 97.8 Å². The first kappa shape index (κ1) is 13.3. The van der Waals surface area contributed by atoms with E-state index in [1.54, 1.807) is 4.31 Å². The summed E-state index contributed by atoms with van der Waals surface area (Å²) in [7, 11) is -3.19. The molecule has 0 aliphatic carbocycles. The second-order valence-corrected chi connectivity index (χ2v) is 7.11. The summed E-state index contributed by atoms with van der Waals surface area (Å²) in [6.45, 7) is 5.68. The average molecular weight is 254 g/mol. The molecule has 1 aliphatic rings. The van der Waals surface area contributed by atoms with E-state index in [1.807, 2.05) is 0 Å². The van der Waals surface area contributed by atoms with E-state index < -0.39 is 10.0 Å². The first-order valence-corrected chi connectivity index (χ1v) is 7.65. The molecular weight excluding hydrogens is 234 g/mol. The lowest BCUT2D eigenvalue weighted by Crippen LogP contribution is -2.32. The summed E-state index contributed by atoms with van der Waals surface area (Å²) < 4.78 is 24.7. The first-order chi connectivity index (χ1) is 6.97. The highest BCUT2D eigenvalue weighted by Crippen LogP contribution is 2.25. The maximum atomic E-state index is 11.6. The van der Waals surface area contributed by atoms with Gasteiger partial charge in [0.25, 0.3) is 0 Å². The summed E-state index contributed by atoms with van der Waals surface area (Å²) in [6, 6.07) is 0. The Hall–Kier alpha value is 0.200. The zero-order valence-electron chi connectivity index (χ0n) is 9.45. The molecule has 0 aromatic carbocycles. The van der Waals surface area contributed by atoms with E-state index >= 15 is 0 Å². The number of rotatable bonds is 3. The topological polar surface area (TPSA) is 37.4 Å². The molecule has 0 radical (unpaired) electrons. The summed E-state index contributed by atoms with van der Waals surface area (Å²) in [6.07, 6.45) is 3.05. The summed E-state index contributed by atoms with van der Waals surface area (Å²) in [5.74, 6) is 1.30. The molecule has 1 saturated heterocycles. The van der Waals surface area contributed by atoms with Crippen molar-refractivity contribution in [2.45, 2.75) is 33.1 Å². The molecular formula is C10H20ClNO2S. The lowest BCUT2D eigenvalue weighted by atomic mass is 9.89. The van der Waals surface area contributed by atoms with Crippen LogP contribution in [0.4, 0.5) is 0 Å². The Balaban J connectivity index is 2.61. The third-order valence-electron chi connectivity index (χ3n) is 3.21. The highest BCUT2D eigenvalue weighted by atomic mass is 35.5. The molecule has 90 valence electrons. The van der Waals surface area contributed by atoms with E-state index in [9.17, 15) is 8.42 Å². The zero-order chi connectivity index (χ0) is 11.5. The molecule has 15 heavy (non-hydrogen) atoms. The van der Waals surface area contributed by atoms with Crippen molar-refractivity contribution >= 4 is 21.6 Å². The first-order valence-electron chi connectivity index (χ1n) is 5.51. The van der Waals surface area contributed by atoms with Gasteiger partial charge in [0.1, 0.15) is 5.21 Å². The lowest BCUT2D eigenvalue weighted by molar-refractivity contribution is 0.341. The normalized spacial score (nSPS) is 25.5. The highest BCUT2D eigenvalue weighted by molar-refractivity contribution is 7.90. The highest BCUT2D eigenvalue weighted by Gasteiger charge is 2.26. The van der Waals surface area contributed by atoms with Crippen molar-refractivity contribution < 1.29 is 8.42 Å². The SMILES string of the molecule is CC(C)C1CCCN(S(=O)(=O)CCl)CC1. The molecule has 5 heteroatoms. The molecule has 0 bridgehead atoms. The molecule has 3 nitrogen and oxygen atoms in total. The van der Waals surface area contributed by atoms with Gasteiger partial charge in [-0.2, -0.15) is 0 Å². The van der Waals surface area contributed by atoms with Crippen molar-refractivity contribution in [1.82, 2.24) is 4.31 Å². The Bertz CT molecular complexity index is 290. The number of hydrogen-bond donors (Lipinski definition) is 0. The van der Waals surface area contributed by atoms with Crippen LogP contribution in [0.25, 0.3) is 0 Å². The van der Waals surface area contributed by atoms with Crippen LogP contribution < -0.4 is 0 Å². The molecule has 0 spiro atoms. The van der Waals surface area contributed by atoms with Crippen LogP contribution in [0.2, 0.25) is 0 Å². The van der Waals surface area contributed by atoms with Gasteiger partial charge >= 0.3 is 0 Å². The van der Waals surface area contributed by atoms with Crippen molar-refractivity contribution in [3.8, 4) is 0 Å². The van der Waals surface area contributed by atoms with Crippen molar-refractivity contribution in [3.63, 3.8) is 0 Å². The van der Waals surface area contributed by atoms with Crippen LogP contribution in [-0.4, -0.2) is 31.0 Å². The number of hydrogen-bond acceptors (Lipinski definition) is 2. The molecule has 1 atom stereocenters. The summed E-state index contributed by atoms with van der Waals surface area (Å²) >= 11 is 5.45. The molecule has 1 aliphatic heterocycles. The molecule has 1 fully saturated rings. The molecule has 1 unspecified atom stereocenters. The second kappa shape index (κ2) is 5.51. The van der Waals surface area contributed by atoms with Gasteiger partial charge in [-0.15, -0.1) is 11.6 Å². The Kier molecular flexibility index (Phi) is 4.87. The van der Waals surface area contributed by atoms with Gasteiger partial charge < -0.3 is 0 Å². The molecule has 0 aromatic heterocycles. The smallest absolute Gasteiger partial charge is 0.211 e. The molecule has 0 aromatic rings. The van der Waals surface area contributed by atoms with Crippen LogP contribution in [0, 0.1) is 11.8 Å². The van der Waals surface area contributed by atoms with E-state index in [0.717, 1.165) is 19.3 Å². The summed E-state index contributed by atoms with van der Waals surface area (Å²) in [4.78, 5) is 0. The van der Waals surface area contributed by atoms with Gasteiger partial charge in [-0.3, -0.25) is 0 Å². The van der Waals surface area contributed by atoms with Crippen LogP contribution in [0.5, 0.6) is 0 Å². The predicted molar refractivity (Wildman–Crippen MR) is 63.4 cm³/mol. The van der Waals surface area contributed by atoms with Gasteiger partial charge in [0.15, 0.2) is 0 Å². The predicted octanol–water partition coefficient (Wildman–Crippen LogP) is 2.27. The Morgan fingerprint density at radius 2 is 2.00 bits per heavy atom. The fraction of sp³-hybridized carbons (Fsp3) is 1.00. The second-order valence-electron chi connectivity index (χ2n) is 4.56. The maximum Gasteiger partial charge on any atom is 0.228 e. The van der Waals surface area contributed by atoms with E-state index in [2.05, 4.69) is 13.8 Å². The van der Waals surface area contributed by atoms with Crippen molar-refractivity contribution in [2.24, 2.45) is 11.8 Å². The average Bonchev–Trinajstić information content (AvgIpc) is 2.43. The quantitative estimate of drug-likeness (QED) is 0.724. The van der Waals surface area contributed by atoms with Gasteiger partial charge in [-0.05, 0) is 31.1 Å². The van der Waals surface area contributed by atoms with Crippen LogP contribution in [0.15, 0.2) is 0 Å². The third-order valence-corrected chi connectivity index (χ3v) is 5.46. The Morgan fingerprint density at radius 1 is 1.33 bits per heavy atom. The molecule has 1 rings (SSSR count). The zero-order valence-corrected chi connectivity index (χ0v) is 11.0. The minimum atomic E-state index is -3.19. The summed E-state index contributed by atoms with van der Waals surface area (Å²) in [5.41, 5.74) is 0. The minimum Gasteiger partial charge on any atom is -0.211 e. The number of sulfonamides is 1. The molecule has 0 amide bonds. The fourth-order valence-electron chi connectivity index (χ4n) is 2.11. The third kappa shape index (κ3) is 3.61. The standard InChI is InChI=1S/C10H20ClNO2S/c1-9(2)10-4-3-6-12(7-5-10)15(13,14)8-11/h9-10H,3-8H2,1-2H3. The maximum absolute atomic E-state index is 11.6. The van der Waals surface area contributed by atoms with Crippen molar-refractivity contribution in [3.05, 3.63) is 0 Å². The van der Waals surface area contributed by atoms with Gasteiger partial charge in [-0.25, -0.2) is 12.7 Å². The van der Waals surface area contributed by atoms with Crippen LogP contribution in [0.1, 0.15) is 33.1 Å². The summed E-state index contributed by atoms with van der Waals surface area (Å²) in [5, 5.41) is -0.292. The molecule has 0 saturated carbocycles. The number of halogens is 1. The van der Waals surface area contributed by atoms with E-state index in [4.69, 9.17) is 11.6 Å². The molecule has 1 heterocycles. The largest absolute Gasteiger partial charge is 0.228 e. The van der Waals surface area contributed by atoms with E-state index in [-0.39, 0.29) is 5.21 Å². The lowest BCUT2D eigenvalue weighted by Gasteiger charge is -2.20. The Morgan fingerprint density at radius 3 is 2.53 bits per heavy atom. The minimum absolute atomic E-state index is 0.292. The van der Waals surface area contributed by atoms with Crippen LogP contribution in [0.3, 0.4) is 0 Å². The van der Waals surface area contributed by atoms with E-state index in [0.29, 0.717) is 24.9 Å². The van der Waals surface area contributed by atoms with Crippen LogP contribution in [-0.2, 0) is 10.0 Å². The number of nitrogens with zero attached hydrogens (tertiary/aromatic N) is 1. The monoisotopic (exact) mass is 253 g/mol. The van der Waals surface area contributed by atoms with Gasteiger partial charge in [0.2, 0.25) is 10.0 Å². The van der Waals surface area contributed by atoms with Crippen LogP contribution >= 0.6 is 11.6 Å². The van der Waals surface area contributed by atoms with Crippen molar-refractivity contribution in [2.75, 3.05) is 18.3 Å². The fourth-order valence-corrected chi connectivity index (χ4v) is 3.45. The van der Waals surface area contributed by atoms with Gasteiger partial charge in [0, 0.05) is 13.1 Å². The van der Waals surface area contributed by atoms with E-state index in [1.165, 1.54) is 0 Å². The van der Waals surface area contributed by atoms with Gasteiger partial charge in [-0.1, -0.05) is 13.8 Å².